The van der Waals surface area contributed by atoms with Crippen LogP contribution >= 0.6 is 39.0 Å². The predicted molar refractivity (Wildman–Crippen MR) is 90.0 cm³/mol. The third kappa shape index (κ3) is 3.72. The molecular weight excluding hydrogens is 356 g/mol. The Morgan fingerprint density at radius 1 is 1.35 bits per heavy atom. The molecule has 0 aliphatic carbocycles. The highest BCUT2D eigenvalue weighted by Gasteiger charge is 2.11. The lowest BCUT2D eigenvalue weighted by Crippen LogP contribution is -2.12. The highest BCUT2D eigenvalue weighted by atomic mass is 79.9. The highest BCUT2D eigenvalue weighted by molar-refractivity contribution is 9.10. The Bertz CT molecular complexity index is 586. The lowest BCUT2D eigenvalue weighted by atomic mass is 10.1. The number of rotatable bonds is 5. The van der Waals surface area contributed by atoms with E-state index in [4.69, 9.17) is 0 Å². The number of halogens is 1. The molecule has 108 valence electrons. The van der Waals surface area contributed by atoms with Gasteiger partial charge in [0, 0.05) is 29.5 Å². The number of nitrogens with one attached hydrogen (secondary N) is 1. The molecule has 7 heteroatoms. The van der Waals surface area contributed by atoms with E-state index in [0.717, 1.165) is 18.8 Å². The summed E-state index contributed by atoms with van der Waals surface area (Å²) in [6.07, 6.45) is 0. The van der Waals surface area contributed by atoms with Crippen LogP contribution in [0.25, 0.3) is 0 Å². The highest BCUT2D eigenvalue weighted by Crippen LogP contribution is 2.35. The van der Waals surface area contributed by atoms with Crippen molar-refractivity contribution in [2.75, 3.05) is 26.0 Å². The van der Waals surface area contributed by atoms with Crippen LogP contribution in [-0.2, 0) is 0 Å². The fourth-order valence-electron chi connectivity index (χ4n) is 1.60. The van der Waals surface area contributed by atoms with Gasteiger partial charge in [-0.2, -0.15) is 0 Å². The molecule has 4 nitrogen and oxygen atoms in total. The first kappa shape index (κ1) is 15.8. The summed E-state index contributed by atoms with van der Waals surface area (Å²) < 4.78 is 2.07. The van der Waals surface area contributed by atoms with E-state index in [0.29, 0.717) is 6.04 Å². The van der Waals surface area contributed by atoms with Crippen LogP contribution in [0.15, 0.2) is 31.9 Å². The zero-order chi connectivity index (χ0) is 14.7. The molecule has 2 aromatic rings. The molecule has 1 unspecified atom stereocenters. The van der Waals surface area contributed by atoms with Gasteiger partial charge in [0.05, 0.1) is 0 Å². The average molecular weight is 373 g/mol. The third-order valence-electron chi connectivity index (χ3n) is 2.85. The third-order valence-corrected chi connectivity index (χ3v) is 5.67. The van der Waals surface area contributed by atoms with Crippen LogP contribution in [0.2, 0.25) is 0 Å². The Morgan fingerprint density at radius 2 is 2.10 bits per heavy atom. The zero-order valence-corrected chi connectivity index (χ0v) is 15.1. The Morgan fingerprint density at radius 3 is 2.65 bits per heavy atom. The van der Waals surface area contributed by atoms with Crippen molar-refractivity contribution in [1.29, 1.82) is 0 Å². The molecule has 0 saturated heterocycles. The number of hydrogen-bond donors (Lipinski definition) is 1. The standard InChI is InChI=1S/C13H17BrN4S2/c1-8(15-2)10-6-5-9(7-11(10)14)19-13-17-16-12(20-13)18(3)4/h5-8,15H,1-4H3. The van der Waals surface area contributed by atoms with Gasteiger partial charge in [-0.05, 0) is 31.7 Å². The van der Waals surface area contributed by atoms with Crippen molar-refractivity contribution in [2.24, 2.45) is 0 Å². The molecule has 20 heavy (non-hydrogen) atoms. The Balaban J connectivity index is 2.15. The second-order valence-corrected chi connectivity index (χ2v) is 7.67. The van der Waals surface area contributed by atoms with E-state index in [2.05, 4.69) is 56.6 Å². The van der Waals surface area contributed by atoms with Crippen molar-refractivity contribution in [3.8, 4) is 0 Å². The minimum atomic E-state index is 0.324. The first-order valence-corrected chi connectivity index (χ1v) is 8.59. The largest absolute Gasteiger partial charge is 0.353 e. The minimum Gasteiger partial charge on any atom is -0.353 e. The summed E-state index contributed by atoms with van der Waals surface area (Å²) in [5.41, 5.74) is 1.25. The fourth-order valence-corrected chi connectivity index (χ4v) is 4.25. The average Bonchev–Trinajstić information content (AvgIpc) is 2.87. The Hall–Kier alpha value is -0.630. The van der Waals surface area contributed by atoms with Gasteiger partial charge in [-0.3, -0.25) is 0 Å². The molecule has 1 N–H and O–H groups in total. The Kier molecular flexibility index (Phi) is 5.42. The van der Waals surface area contributed by atoms with Gasteiger partial charge in [0.15, 0.2) is 4.34 Å². The second kappa shape index (κ2) is 6.89. The summed E-state index contributed by atoms with van der Waals surface area (Å²) in [7, 11) is 5.91. The molecule has 1 atom stereocenters. The SMILES string of the molecule is CNC(C)c1ccc(Sc2nnc(N(C)C)s2)cc1Br. The molecule has 0 amide bonds. The van der Waals surface area contributed by atoms with Gasteiger partial charge in [0.25, 0.3) is 0 Å². The van der Waals surface area contributed by atoms with Gasteiger partial charge in [-0.25, -0.2) is 0 Å². The van der Waals surface area contributed by atoms with Gasteiger partial charge < -0.3 is 10.2 Å². The molecule has 0 aliphatic heterocycles. The maximum atomic E-state index is 4.20. The number of aromatic nitrogens is 2. The van der Waals surface area contributed by atoms with E-state index in [9.17, 15) is 0 Å². The minimum absolute atomic E-state index is 0.324. The van der Waals surface area contributed by atoms with Crippen molar-refractivity contribution in [2.45, 2.75) is 22.2 Å². The van der Waals surface area contributed by atoms with Crippen LogP contribution in [0, 0.1) is 0 Å². The molecule has 1 heterocycles. The molecule has 2 rings (SSSR count). The van der Waals surface area contributed by atoms with Crippen LogP contribution in [0.5, 0.6) is 0 Å². The van der Waals surface area contributed by atoms with E-state index in [1.165, 1.54) is 5.56 Å². The molecule has 1 aromatic heterocycles. The van der Waals surface area contributed by atoms with Crippen LogP contribution < -0.4 is 10.2 Å². The first-order chi connectivity index (χ1) is 9.51. The van der Waals surface area contributed by atoms with Gasteiger partial charge in [0.1, 0.15) is 0 Å². The van der Waals surface area contributed by atoms with E-state index in [1.54, 1.807) is 23.1 Å². The van der Waals surface area contributed by atoms with Gasteiger partial charge in [-0.15, -0.1) is 10.2 Å². The van der Waals surface area contributed by atoms with Gasteiger partial charge in [-0.1, -0.05) is 45.1 Å². The molecule has 0 spiro atoms. The van der Waals surface area contributed by atoms with E-state index >= 15 is 0 Å². The van der Waals surface area contributed by atoms with E-state index in [-0.39, 0.29) is 0 Å². The molecule has 1 aromatic carbocycles. The summed E-state index contributed by atoms with van der Waals surface area (Å²) in [6, 6.07) is 6.71. The van der Waals surface area contributed by atoms with Crippen molar-refractivity contribution < 1.29 is 0 Å². The first-order valence-electron chi connectivity index (χ1n) is 6.16. The second-order valence-electron chi connectivity index (χ2n) is 4.54. The zero-order valence-electron chi connectivity index (χ0n) is 11.8. The van der Waals surface area contributed by atoms with Gasteiger partial charge in [0.2, 0.25) is 5.13 Å². The summed E-state index contributed by atoms with van der Waals surface area (Å²) in [4.78, 5) is 3.13. The lowest BCUT2D eigenvalue weighted by molar-refractivity contribution is 0.649. The number of hydrogen-bond acceptors (Lipinski definition) is 6. The quantitative estimate of drug-likeness (QED) is 0.864. The van der Waals surface area contributed by atoms with Crippen molar-refractivity contribution in [3.05, 3.63) is 28.2 Å². The van der Waals surface area contributed by atoms with Crippen molar-refractivity contribution in [3.63, 3.8) is 0 Å². The monoisotopic (exact) mass is 372 g/mol. The number of benzene rings is 1. The lowest BCUT2D eigenvalue weighted by Gasteiger charge is -2.13. The van der Waals surface area contributed by atoms with Crippen molar-refractivity contribution >= 4 is 44.2 Å². The summed E-state index contributed by atoms with van der Waals surface area (Å²) in [6.45, 7) is 2.14. The Labute approximate surface area is 136 Å². The normalized spacial score (nSPS) is 12.4. The predicted octanol–water partition coefficient (Wildman–Crippen LogP) is 3.80. The van der Waals surface area contributed by atoms with Gasteiger partial charge >= 0.3 is 0 Å². The fraction of sp³-hybridized carbons (Fsp3) is 0.385. The number of anilines is 1. The molecule has 0 aliphatic rings. The van der Waals surface area contributed by atoms with Crippen LogP contribution in [0.4, 0.5) is 5.13 Å². The maximum Gasteiger partial charge on any atom is 0.208 e. The molecule has 0 saturated carbocycles. The smallest absolute Gasteiger partial charge is 0.208 e. The molecule has 0 radical (unpaired) electrons. The van der Waals surface area contributed by atoms with E-state index < -0.39 is 0 Å². The van der Waals surface area contributed by atoms with Crippen LogP contribution in [-0.4, -0.2) is 31.3 Å². The summed E-state index contributed by atoms with van der Waals surface area (Å²) >= 11 is 6.87. The molecule has 0 fully saturated rings. The summed E-state index contributed by atoms with van der Waals surface area (Å²) in [5, 5.41) is 12.5. The number of nitrogens with zero attached hydrogens (tertiary/aromatic N) is 3. The van der Waals surface area contributed by atoms with Crippen molar-refractivity contribution in [1.82, 2.24) is 15.5 Å². The topological polar surface area (TPSA) is 41.1 Å². The van der Waals surface area contributed by atoms with E-state index in [1.807, 2.05) is 26.0 Å². The maximum absolute atomic E-state index is 4.20. The van der Waals surface area contributed by atoms with Crippen LogP contribution in [0.3, 0.4) is 0 Å². The molecule has 0 bridgehead atoms. The summed E-state index contributed by atoms with van der Waals surface area (Å²) in [5.74, 6) is 0. The van der Waals surface area contributed by atoms with Crippen LogP contribution in [0.1, 0.15) is 18.5 Å². The molecular formula is C13H17BrN4S2.